The SMILES string of the molecule is Cc1c(Cl)cccc1OCCOC(=O)N1CC(O[Si](C)(C)C(C)(C)C)COc2c(-c3cnn(Cc4c(F)cc(C(=O)OC(C)(C)C)cc4Cl)c3)cccc21. The van der Waals surface area contributed by atoms with Gasteiger partial charge in [-0.15, -0.1) is 0 Å². The first-order chi connectivity index (χ1) is 25.2. The zero-order chi connectivity index (χ0) is 39.6. The first-order valence-electron chi connectivity index (χ1n) is 17.7. The van der Waals surface area contributed by atoms with E-state index in [1.54, 1.807) is 60.9 Å². The predicted octanol–water partition coefficient (Wildman–Crippen LogP) is 10.1. The van der Waals surface area contributed by atoms with Gasteiger partial charge < -0.3 is 23.4 Å². The second-order valence-corrected chi connectivity index (χ2v) is 21.3. The number of nitrogens with zero attached hydrogens (tertiary/aromatic N) is 3. The number of benzene rings is 3. The van der Waals surface area contributed by atoms with Crippen LogP contribution < -0.4 is 14.4 Å². The number of ether oxygens (including phenoxy) is 4. The van der Waals surface area contributed by atoms with Gasteiger partial charge in [-0.25, -0.2) is 14.0 Å². The normalized spacial score (nSPS) is 14.9. The Morgan fingerprint density at radius 3 is 2.43 bits per heavy atom. The molecule has 0 bridgehead atoms. The van der Waals surface area contributed by atoms with E-state index in [0.29, 0.717) is 33.3 Å². The van der Waals surface area contributed by atoms with E-state index in [-0.39, 0.29) is 54.1 Å². The van der Waals surface area contributed by atoms with E-state index in [2.05, 4.69) is 39.0 Å². The molecule has 0 saturated heterocycles. The van der Waals surface area contributed by atoms with E-state index in [0.717, 1.165) is 11.6 Å². The number of esters is 1. The van der Waals surface area contributed by atoms with Crippen LogP contribution in [0, 0.1) is 12.7 Å². The minimum absolute atomic E-state index is 0.00440. The van der Waals surface area contributed by atoms with Crippen LogP contribution >= 0.6 is 23.2 Å². The van der Waals surface area contributed by atoms with Gasteiger partial charge in [-0.1, -0.05) is 62.2 Å². The summed E-state index contributed by atoms with van der Waals surface area (Å²) < 4.78 is 47.1. The van der Waals surface area contributed by atoms with Crippen LogP contribution in [0.3, 0.4) is 0 Å². The smallest absolute Gasteiger partial charge is 0.414 e. The van der Waals surface area contributed by atoms with Gasteiger partial charge in [0.05, 0.1) is 36.6 Å². The number of amides is 1. The van der Waals surface area contributed by atoms with E-state index >= 15 is 4.39 Å². The van der Waals surface area contributed by atoms with Crippen molar-refractivity contribution in [2.24, 2.45) is 0 Å². The zero-order valence-electron chi connectivity index (χ0n) is 32.2. The fourth-order valence-corrected chi connectivity index (χ4v) is 7.31. The molecule has 0 radical (unpaired) electrons. The molecule has 54 heavy (non-hydrogen) atoms. The lowest BCUT2D eigenvalue weighted by Crippen LogP contribution is -2.49. The number of halogens is 3. The van der Waals surface area contributed by atoms with E-state index in [4.69, 9.17) is 46.6 Å². The Bertz CT molecular complexity index is 1980. The topological polar surface area (TPSA) is 101 Å². The summed E-state index contributed by atoms with van der Waals surface area (Å²) in [6.45, 7) is 18.3. The molecule has 1 atom stereocenters. The highest BCUT2D eigenvalue weighted by atomic mass is 35.5. The van der Waals surface area contributed by atoms with Crippen molar-refractivity contribution < 1.29 is 37.4 Å². The number of para-hydroxylation sites is 1. The van der Waals surface area contributed by atoms with Crippen LogP contribution in [-0.2, 0) is 20.4 Å². The van der Waals surface area contributed by atoms with Crippen LogP contribution in [0.2, 0.25) is 28.2 Å². The maximum Gasteiger partial charge on any atom is 0.414 e. The van der Waals surface area contributed by atoms with E-state index < -0.39 is 37.9 Å². The van der Waals surface area contributed by atoms with Crippen molar-refractivity contribution in [3.8, 4) is 22.6 Å². The largest absolute Gasteiger partial charge is 0.490 e. The van der Waals surface area contributed by atoms with Gasteiger partial charge >= 0.3 is 12.1 Å². The predicted molar refractivity (Wildman–Crippen MR) is 211 cm³/mol. The average Bonchev–Trinajstić information content (AvgIpc) is 3.46. The standard InChI is InChI=1S/C40H48Cl2FN3O7Si/c1-25-31(41)13-11-15-35(25)49-16-17-50-38(48)46-22-28(53-54(8,9)40(5,6)7)24-51-36-29(12-10-14-34(36)46)27-20-44-45(21-27)23-30-32(42)18-26(19-33(30)43)37(47)52-39(2,3)4/h10-15,18-21,28H,16-17,22-24H2,1-9H3. The molecule has 14 heteroatoms. The molecule has 1 aromatic heterocycles. The van der Waals surface area contributed by atoms with Crippen molar-refractivity contribution in [1.29, 1.82) is 0 Å². The second kappa shape index (κ2) is 16.3. The van der Waals surface area contributed by atoms with Crippen molar-refractivity contribution >= 4 is 49.3 Å². The molecule has 0 saturated carbocycles. The van der Waals surface area contributed by atoms with Crippen molar-refractivity contribution in [3.63, 3.8) is 0 Å². The number of carbonyl (C=O) groups excluding carboxylic acids is 2. The Kier molecular flexibility index (Phi) is 12.4. The van der Waals surface area contributed by atoms with Crippen LogP contribution in [0.25, 0.3) is 11.1 Å². The van der Waals surface area contributed by atoms with Gasteiger partial charge in [0, 0.05) is 38.5 Å². The summed E-state index contributed by atoms with van der Waals surface area (Å²) in [7, 11) is -2.27. The van der Waals surface area contributed by atoms with Crippen LogP contribution in [0.4, 0.5) is 14.9 Å². The molecule has 290 valence electrons. The van der Waals surface area contributed by atoms with Crippen LogP contribution in [0.5, 0.6) is 11.5 Å². The molecular weight excluding hydrogens is 752 g/mol. The van der Waals surface area contributed by atoms with Crippen molar-refractivity contribution in [3.05, 3.63) is 93.5 Å². The minimum Gasteiger partial charge on any atom is -0.490 e. The number of carbonyl (C=O) groups is 2. The first kappa shape index (κ1) is 41.1. The zero-order valence-corrected chi connectivity index (χ0v) is 34.7. The Balaban J connectivity index is 1.39. The third kappa shape index (κ3) is 9.76. The molecule has 2 heterocycles. The number of hydrogen-bond acceptors (Lipinski definition) is 8. The molecule has 1 aliphatic rings. The lowest BCUT2D eigenvalue weighted by Gasteiger charge is -2.39. The highest BCUT2D eigenvalue weighted by Gasteiger charge is 2.41. The van der Waals surface area contributed by atoms with Gasteiger partial charge in [0.25, 0.3) is 0 Å². The third-order valence-electron chi connectivity index (χ3n) is 9.40. The number of fused-ring (bicyclic) bond motifs is 1. The Morgan fingerprint density at radius 1 is 1.02 bits per heavy atom. The lowest BCUT2D eigenvalue weighted by atomic mass is 10.1. The molecule has 4 aromatic rings. The van der Waals surface area contributed by atoms with E-state index in [1.807, 2.05) is 25.1 Å². The molecule has 10 nitrogen and oxygen atoms in total. The summed E-state index contributed by atoms with van der Waals surface area (Å²) in [6.07, 6.45) is 2.35. The first-order valence-corrected chi connectivity index (χ1v) is 21.4. The van der Waals surface area contributed by atoms with Gasteiger partial charge in [-0.05, 0) is 76.2 Å². The number of aromatic nitrogens is 2. The minimum atomic E-state index is -2.27. The summed E-state index contributed by atoms with van der Waals surface area (Å²) in [4.78, 5) is 27.9. The average molecular weight is 801 g/mol. The summed E-state index contributed by atoms with van der Waals surface area (Å²) in [5.41, 5.74) is 2.07. The lowest BCUT2D eigenvalue weighted by molar-refractivity contribution is 0.00688. The van der Waals surface area contributed by atoms with Crippen LogP contribution in [0.1, 0.15) is 63.0 Å². The molecule has 1 aliphatic heterocycles. The van der Waals surface area contributed by atoms with E-state index in [9.17, 15) is 9.59 Å². The molecule has 0 spiro atoms. The van der Waals surface area contributed by atoms with Crippen LogP contribution in [-0.4, -0.2) is 68.2 Å². The molecule has 5 rings (SSSR count). The third-order valence-corrected chi connectivity index (χ3v) is 14.7. The van der Waals surface area contributed by atoms with Crippen molar-refractivity contribution in [1.82, 2.24) is 9.78 Å². The van der Waals surface area contributed by atoms with Crippen molar-refractivity contribution in [2.45, 2.75) is 84.8 Å². The molecular formula is C40H48Cl2FN3O7Si. The summed E-state index contributed by atoms with van der Waals surface area (Å²) in [5, 5.41) is 5.06. The highest BCUT2D eigenvalue weighted by molar-refractivity contribution is 6.74. The molecule has 3 aromatic carbocycles. The van der Waals surface area contributed by atoms with Gasteiger partial charge in [0.1, 0.15) is 37.0 Å². The monoisotopic (exact) mass is 799 g/mol. The van der Waals surface area contributed by atoms with Gasteiger partial charge in [0.15, 0.2) is 14.1 Å². The Labute approximate surface area is 327 Å². The number of rotatable bonds is 10. The highest BCUT2D eigenvalue weighted by Crippen LogP contribution is 2.43. The Morgan fingerprint density at radius 2 is 1.74 bits per heavy atom. The number of anilines is 1. The number of hydrogen-bond donors (Lipinski definition) is 0. The molecule has 1 amide bonds. The summed E-state index contributed by atoms with van der Waals surface area (Å²) >= 11 is 12.7. The molecule has 0 aliphatic carbocycles. The van der Waals surface area contributed by atoms with Crippen LogP contribution in [0.15, 0.2) is 60.9 Å². The maximum absolute atomic E-state index is 15.3. The van der Waals surface area contributed by atoms with E-state index in [1.165, 1.54) is 6.07 Å². The molecule has 0 fully saturated rings. The quantitative estimate of drug-likeness (QED) is 0.0888. The fraction of sp³-hybridized carbons (Fsp3) is 0.425. The summed E-state index contributed by atoms with van der Waals surface area (Å²) in [6, 6.07) is 13.4. The fourth-order valence-electron chi connectivity index (χ4n) is 5.55. The Hall–Kier alpha value is -4.10. The molecule has 1 unspecified atom stereocenters. The van der Waals surface area contributed by atoms with Crippen molar-refractivity contribution in [2.75, 3.05) is 31.3 Å². The maximum atomic E-state index is 15.3. The second-order valence-electron chi connectivity index (χ2n) is 15.7. The molecule has 0 N–H and O–H groups in total. The van der Waals surface area contributed by atoms with Gasteiger partial charge in [-0.2, -0.15) is 5.10 Å². The summed E-state index contributed by atoms with van der Waals surface area (Å²) in [5.74, 6) is -0.265. The van der Waals surface area contributed by atoms with Gasteiger partial charge in [-0.3, -0.25) is 9.58 Å². The van der Waals surface area contributed by atoms with Gasteiger partial charge in [0.2, 0.25) is 0 Å².